The number of hydrogen-bond donors (Lipinski definition) is 1. The third-order valence-corrected chi connectivity index (χ3v) is 4.49. The molecule has 0 amide bonds. The molecule has 130 valence electrons. The Kier molecular flexibility index (Phi) is 5.49. The predicted molar refractivity (Wildman–Crippen MR) is 95.1 cm³/mol. The molecule has 0 unspecified atom stereocenters. The molecule has 4 heteroatoms. The SMILES string of the molecule is O=C(O)CCc1ccc(OCC2=C(c3ccc(F)cc3)CCC2)cc1. The van der Waals surface area contributed by atoms with Crippen LogP contribution in [-0.2, 0) is 11.2 Å². The van der Waals surface area contributed by atoms with Gasteiger partial charge < -0.3 is 9.84 Å². The maximum Gasteiger partial charge on any atom is 0.303 e. The van der Waals surface area contributed by atoms with Crippen LogP contribution in [0.1, 0.15) is 36.8 Å². The second-order valence-electron chi connectivity index (χ2n) is 6.27. The Morgan fingerprint density at radius 1 is 1.04 bits per heavy atom. The Balaban J connectivity index is 1.62. The summed E-state index contributed by atoms with van der Waals surface area (Å²) in [5.74, 6) is -0.234. The Labute approximate surface area is 146 Å². The first kappa shape index (κ1) is 17.2. The molecule has 25 heavy (non-hydrogen) atoms. The topological polar surface area (TPSA) is 46.5 Å². The first-order valence-corrected chi connectivity index (χ1v) is 8.52. The molecule has 0 atom stereocenters. The highest BCUT2D eigenvalue weighted by Gasteiger charge is 2.16. The summed E-state index contributed by atoms with van der Waals surface area (Å²) in [6.07, 6.45) is 3.75. The van der Waals surface area contributed by atoms with E-state index in [0.717, 1.165) is 36.1 Å². The van der Waals surface area contributed by atoms with Gasteiger partial charge in [0.2, 0.25) is 0 Å². The average molecular weight is 340 g/mol. The number of carboxylic acid groups (broad SMARTS) is 1. The molecule has 1 N–H and O–H groups in total. The van der Waals surface area contributed by atoms with E-state index in [9.17, 15) is 9.18 Å². The molecule has 3 rings (SSSR count). The van der Waals surface area contributed by atoms with Gasteiger partial charge in [-0.3, -0.25) is 4.79 Å². The van der Waals surface area contributed by atoms with Crippen molar-refractivity contribution in [1.82, 2.24) is 0 Å². The zero-order valence-corrected chi connectivity index (χ0v) is 14.0. The van der Waals surface area contributed by atoms with Gasteiger partial charge in [-0.25, -0.2) is 4.39 Å². The van der Waals surface area contributed by atoms with Crippen LogP contribution in [0.5, 0.6) is 5.75 Å². The van der Waals surface area contributed by atoms with Gasteiger partial charge >= 0.3 is 5.97 Å². The number of carboxylic acids is 1. The van der Waals surface area contributed by atoms with E-state index in [1.165, 1.54) is 23.3 Å². The number of carbonyl (C=O) groups is 1. The quantitative estimate of drug-likeness (QED) is 0.783. The van der Waals surface area contributed by atoms with Crippen molar-refractivity contribution in [2.75, 3.05) is 6.61 Å². The lowest BCUT2D eigenvalue weighted by molar-refractivity contribution is -0.136. The van der Waals surface area contributed by atoms with E-state index in [0.29, 0.717) is 13.0 Å². The maximum absolute atomic E-state index is 13.1. The van der Waals surface area contributed by atoms with Gasteiger partial charge in [-0.15, -0.1) is 0 Å². The zero-order valence-electron chi connectivity index (χ0n) is 14.0. The van der Waals surface area contributed by atoms with Gasteiger partial charge in [-0.05, 0) is 72.2 Å². The normalized spacial score (nSPS) is 14.0. The van der Waals surface area contributed by atoms with E-state index in [2.05, 4.69) is 0 Å². The zero-order chi connectivity index (χ0) is 17.6. The van der Waals surface area contributed by atoms with E-state index in [4.69, 9.17) is 9.84 Å². The molecule has 0 saturated heterocycles. The Morgan fingerprint density at radius 3 is 2.44 bits per heavy atom. The Morgan fingerprint density at radius 2 is 1.76 bits per heavy atom. The van der Waals surface area contributed by atoms with Crippen molar-refractivity contribution in [2.45, 2.75) is 32.1 Å². The molecule has 0 aliphatic heterocycles. The lowest BCUT2D eigenvalue weighted by Gasteiger charge is -2.11. The van der Waals surface area contributed by atoms with Crippen molar-refractivity contribution in [2.24, 2.45) is 0 Å². The smallest absolute Gasteiger partial charge is 0.303 e. The second kappa shape index (κ2) is 7.97. The average Bonchev–Trinajstić information content (AvgIpc) is 3.08. The summed E-state index contributed by atoms with van der Waals surface area (Å²) < 4.78 is 19.0. The van der Waals surface area contributed by atoms with Crippen LogP contribution in [0.2, 0.25) is 0 Å². The number of benzene rings is 2. The molecule has 0 aromatic heterocycles. The molecular formula is C21H21FO3. The summed E-state index contributed by atoms with van der Waals surface area (Å²) >= 11 is 0. The number of hydrogen-bond acceptors (Lipinski definition) is 2. The first-order valence-electron chi connectivity index (χ1n) is 8.52. The van der Waals surface area contributed by atoms with Gasteiger partial charge in [-0.2, -0.15) is 0 Å². The van der Waals surface area contributed by atoms with Crippen LogP contribution >= 0.6 is 0 Å². The first-order chi connectivity index (χ1) is 12.1. The van der Waals surface area contributed by atoms with Crippen molar-refractivity contribution in [3.05, 3.63) is 71.0 Å². The van der Waals surface area contributed by atoms with Crippen molar-refractivity contribution >= 4 is 11.5 Å². The van der Waals surface area contributed by atoms with Crippen LogP contribution in [-0.4, -0.2) is 17.7 Å². The summed E-state index contributed by atoms with van der Waals surface area (Å²) in [4.78, 5) is 10.6. The molecule has 3 nitrogen and oxygen atoms in total. The van der Waals surface area contributed by atoms with Gasteiger partial charge in [0, 0.05) is 6.42 Å². The molecular weight excluding hydrogens is 319 g/mol. The molecule has 2 aromatic carbocycles. The van der Waals surface area contributed by atoms with Crippen LogP contribution < -0.4 is 4.74 Å². The number of rotatable bonds is 7. The monoisotopic (exact) mass is 340 g/mol. The molecule has 0 bridgehead atoms. The molecule has 1 aliphatic rings. The number of aryl methyl sites for hydroxylation is 1. The summed E-state index contributed by atoms with van der Waals surface area (Å²) in [6.45, 7) is 0.529. The molecule has 0 spiro atoms. The van der Waals surface area contributed by atoms with Gasteiger partial charge in [-0.1, -0.05) is 24.3 Å². The minimum absolute atomic E-state index is 0.133. The maximum atomic E-state index is 13.1. The van der Waals surface area contributed by atoms with Crippen LogP contribution in [0.15, 0.2) is 54.1 Å². The van der Waals surface area contributed by atoms with E-state index >= 15 is 0 Å². The molecule has 0 heterocycles. The number of ether oxygens (including phenoxy) is 1. The van der Waals surface area contributed by atoms with Crippen LogP contribution in [0.4, 0.5) is 4.39 Å². The van der Waals surface area contributed by atoms with Crippen LogP contribution in [0, 0.1) is 5.82 Å². The second-order valence-corrected chi connectivity index (χ2v) is 6.27. The summed E-state index contributed by atoms with van der Waals surface area (Å²) in [5.41, 5.74) is 4.59. The number of allylic oxidation sites excluding steroid dienone is 1. The highest BCUT2D eigenvalue weighted by atomic mass is 19.1. The van der Waals surface area contributed by atoms with Crippen molar-refractivity contribution in [3.63, 3.8) is 0 Å². The van der Waals surface area contributed by atoms with Gasteiger partial charge in [0.05, 0.1) is 0 Å². The third-order valence-electron chi connectivity index (χ3n) is 4.49. The fraction of sp³-hybridized carbons (Fsp3) is 0.286. The van der Waals surface area contributed by atoms with E-state index in [1.807, 2.05) is 36.4 Å². The lowest BCUT2D eigenvalue weighted by Crippen LogP contribution is -2.02. The molecule has 0 fully saturated rings. The van der Waals surface area contributed by atoms with Crippen LogP contribution in [0.3, 0.4) is 0 Å². The molecule has 0 saturated carbocycles. The van der Waals surface area contributed by atoms with Crippen LogP contribution in [0.25, 0.3) is 5.57 Å². The minimum Gasteiger partial charge on any atom is -0.489 e. The molecule has 2 aromatic rings. The summed E-state index contributed by atoms with van der Waals surface area (Å²) in [6, 6.07) is 14.2. The third kappa shape index (κ3) is 4.69. The highest BCUT2D eigenvalue weighted by molar-refractivity contribution is 5.70. The number of halogens is 1. The Hall–Kier alpha value is -2.62. The fourth-order valence-electron chi connectivity index (χ4n) is 3.14. The van der Waals surface area contributed by atoms with Crippen molar-refractivity contribution in [1.29, 1.82) is 0 Å². The van der Waals surface area contributed by atoms with E-state index in [1.54, 1.807) is 0 Å². The molecule has 1 aliphatic carbocycles. The summed E-state index contributed by atoms with van der Waals surface area (Å²) in [7, 11) is 0. The standard InChI is InChI=1S/C21H21FO3/c22-18-9-7-16(8-10-18)20-3-1-2-17(20)14-25-19-11-4-15(5-12-19)6-13-21(23)24/h4-5,7-12H,1-3,6,13-14H2,(H,23,24). The van der Waals surface area contributed by atoms with Gasteiger partial charge in [0.25, 0.3) is 0 Å². The Bertz CT molecular complexity index is 761. The fourth-order valence-corrected chi connectivity index (χ4v) is 3.14. The van der Waals surface area contributed by atoms with Crippen molar-refractivity contribution < 1.29 is 19.0 Å². The predicted octanol–water partition coefficient (Wildman–Crippen LogP) is 4.86. The highest BCUT2D eigenvalue weighted by Crippen LogP contribution is 2.34. The lowest BCUT2D eigenvalue weighted by atomic mass is 10.0. The summed E-state index contributed by atoms with van der Waals surface area (Å²) in [5, 5.41) is 8.72. The van der Waals surface area contributed by atoms with E-state index in [-0.39, 0.29) is 12.2 Å². The van der Waals surface area contributed by atoms with Gasteiger partial charge in [0.1, 0.15) is 18.2 Å². The largest absolute Gasteiger partial charge is 0.489 e. The molecule has 0 radical (unpaired) electrons. The van der Waals surface area contributed by atoms with Crippen molar-refractivity contribution in [3.8, 4) is 5.75 Å². The van der Waals surface area contributed by atoms with Gasteiger partial charge in [0.15, 0.2) is 0 Å². The number of aliphatic carboxylic acids is 1. The minimum atomic E-state index is -0.790. The van der Waals surface area contributed by atoms with E-state index < -0.39 is 5.97 Å².